The molecule has 13 nitrogen and oxygen atoms in total. The number of esters is 1. The molecule has 0 unspecified atom stereocenters. The van der Waals surface area contributed by atoms with E-state index in [1.807, 2.05) is 0 Å². The summed E-state index contributed by atoms with van der Waals surface area (Å²) in [5.74, 6) is -1.57. The first-order valence-electron chi connectivity index (χ1n) is 22.8. The molecule has 0 atom stereocenters. The van der Waals surface area contributed by atoms with Crippen LogP contribution in [0, 0.1) is 0 Å². The van der Waals surface area contributed by atoms with Crippen LogP contribution in [-0.4, -0.2) is 150 Å². The van der Waals surface area contributed by atoms with Gasteiger partial charge in [0.2, 0.25) is 0 Å². The highest BCUT2D eigenvalue weighted by molar-refractivity contribution is 6.40. The number of hydrogen-bond acceptors (Lipinski definition) is 13. The first-order chi connectivity index (χ1) is 29.3. The number of ether oxygens (including phenoxy) is 11. The Kier molecular flexibility index (Phi) is 43.8. The standard InChI is InChI=1S/C46H82O13/c1-2-3-4-5-6-7-8-9-10-11-12-13-14-15-16-20-23-49-24-25-50-26-27-51-28-29-52-30-31-53-32-33-54-34-35-55-36-37-56-38-39-57-40-41-58-42-43-59-46(48)45(47)44-21-18-17-19-22-44/h17-19,21-22H,2-16,20,23-43H2,1H3. The normalized spacial score (nSPS) is 11.4. The van der Waals surface area contributed by atoms with Crippen LogP contribution in [0.1, 0.15) is 120 Å². The van der Waals surface area contributed by atoms with Crippen molar-refractivity contribution in [1.29, 1.82) is 0 Å². The lowest BCUT2D eigenvalue weighted by Gasteiger charge is -2.09. The fraction of sp³-hybridized carbons (Fsp3) is 0.826. The second kappa shape index (κ2) is 47.0. The van der Waals surface area contributed by atoms with Gasteiger partial charge in [-0.3, -0.25) is 4.79 Å². The monoisotopic (exact) mass is 843 g/mol. The smallest absolute Gasteiger partial charge is 0.379 e. The van der Waals surface area contributed by atoms with E-state index in [0.717, 1.165) is 13.0 Å². The van der Waals surface area contributed by atoms with E-state index in [0.29, 0.717) is 124 Å². The van der Waals surface area contributed by atoms with Gasteiger partial charge in [0.15, 0.2) is 0 Å². The molecule has 0 amide bonds. The average Bonchev–Trinajstić information content (AvgIpc) is 3.26. The Labute approximate surface area is 357 Å². The predicted molar refractivity (Wildman–Crippen MR) is 229 cm³/mol. The molecular weight excluding hydrogens is 760 g/mol. The molecule has 0 bridgehead atoms. The number of hydrogen-bond donors (Lipinski definition) is 0. The van der Waals surface area contributed by atoms with Gasteiger partial charge in [-0.05, 0) is 6.42 Å². The van der Waals surface area contributed by atoms with Crippen molar-refractivity contribution in [3.05, 3.63) is 35.9 Å². The van der Waals surface area contributed by atoms with Gasteiger partial charge in [-0.2, -0.15) is 0 Å². The third-order valence-electron chi connectivity index (χ3n) is 9.17. The summed E-state index contributed by atoms with van der Waals surface area (Å²) in [6, 6.07) is 8.28. The largest absolute Gasteiger partial charge is 0.457 e. The van der Waals surface area contributed by atoms with E-state index in [1.165, 1.54) is 96.3 Å². The fourth-order valence-corrected chi connectivity index (χ4v) is 5.80. The van der Waals surface area contributed by atoms with E-state index in [1.54, 1.807) is 30.3 Å². The van der Waals surface area contributed by atoms with Gasteiger partial charge in [-0.25, -0.2) is 4.79 Å². The Morgan fingerprint density at radius 3 is 0.881 bits per heavy atom. The molecule has 0 aliphatic heterocycles. The topological polar surface area (TPSA) is 136 Å². The van der Waals surface area contributed by atoms with Crippen LogP contribution in [-0.2, 0) is 56.9 Å². The van der Waals surface area contributed by atoms with Crippen molar-refractivity contribution in [1.82, 2.24) is 0 Å². The molecule has 13 heteroatoms. The number of carbonyl (C=O) groups excluding carboxylic acids is 2. The summed E-state index contributed by atoms with van der Waals surface area (Å²) >= 11 is 0. The summed E-state index contributed by atoms with van der Waals surface area (Å²) in [5, 5.41) is 0. The van der Waals surface area contributed by atoms with Crippen molar-refractivity contribution in [2.45, 2.75) is 110 Å². The molecule has 1 aromatic carbocycles. The van der Waals surface area contributed by atoms with Crippen molar-refractivity contribution in [3.8, 4) is 0 Å². The third kappa shape index (κ3) is 41.1. The molecule has 0 N–H and O–H groups in total. The van der Waals surface area contributed by atoms with Gasteiger partial charge in [-0.15, -0.1) is 0 Å². The second-order valence-corrected chi connectivity index (χ2v) is 14.3. The molecule has 0 fully saturated rings. The van der Waals surface area contributed by atoms with Crippen LogP contribution in [0.3, 0.4) is 0 Å². The van der Waals surface area contributed by atoms with Gasteiger partial charge in [0.25, 0.3) is 5.78 Å². The van der Waals surface area contributed by atoms with Crippen molar-refractivity contribution < 1.29 is 61.7 Å². The van der Waals surface area contributed by atoms with E-state index in [-0.39, 0.29) is 13.2 Å². The maximum Gasteiger partial charge on any atom is 0.379 e. The molecule has 0 radical (unpaired) electrons. The van der Waals surface area contributed by atoms with E-state index in [9.17, 15) is 9.59 Å². The number of Topliss-reactive ketones (excluding diaryl/α,β-unsaturated/α-hetero) is 1. The van der Waals surface area contributed by atoms with E-state index in [4.69, 9.17) is 52.1 Å². The Morgan fingerprint density at radius 2 is 0.576 bits per heavy atom. The molecule has 344 valence electrons. The van der Waals surface area contributed by atoms with Gasteiger partial charge < -0.3 is 52.1 Å². The predicted octanol–water partition coefficient (Wildman–Crippen LogP) is 7.84. The van der Waals surface area contributed by atoms with Gasteiger partial charge in [0.05, 0.1) is 126 Å². The Balaban J connectivity index is 1.63. The summed E-state index contributed by atoms with van der Waals surface area (Å²) in [6.45, 7) is 12.2. The molecule has 0 aliphatic rings. The Morgan fingerprint density at radius 1 is 0.322 bits per heavy atom. The average molecular weight is 843 g/mol. The first kappa shape index (κ1) is 55.0. The summed E-state index contributed by atoms with van der Waals surface area (Å²) in [7, 11) is 0. The molecular formula is C46H82O13. The van der Waals surface area contributed by atoms with Gasteiger partial charge >= 0.3 is 5.97 Å². The van der Waals surface area contributed by atoms with Crippen LogP contribution >= 0.6 is 0 Å². The number of benzene rings is 1. The lowest BCUT2D eigenvalue weighted by molar-refractivity contribution is -0.139. The maximum absolute atomic E-state index is 11.9. The minimum absolute atomic E-state index is 0.0000399. The van der Waals surface area contributed by atoms with Crippen molar-refractivity contribution in [2.75, 3.05) is 139 Å². The molecule has 1 aromatic rings. The molecule has 0 aliphatic carbocycles. The van der Waals surface area contributed by atoms with Gasteiger partial charge in [0, 0.05) is 12.2 Å². The minimum Gasteiger partial charge on any atom is -0.457 e. The van der Waals surface area contributed by atoms with Crippen molar-refractivity contribution >= 4 is 11.8 Å². The summed E-state index contributed by atoms with van der Waals surface area (Å²) < 4.78 is 60.0. The lowest BCUT2D eigenvalue weighted by atomic mass is 10.0. The van der Waals surface area contributed by atoms with Crippen LogP contribution in [0.4, 0.5) is 0 Å². The lowest BCUT2D eigenvalue weighted by Crippen LogP contribution is -2.20. The zero-order valence-electron chi connectivity index (χ0n) is 36.9. The molecule has 1 rings (SSSR count). The van der Waals surface area contributed by atoms with Gasteiger partial charge in [0.1, 0.15) is 6.61 Å². The van der Waals surface area contributed by atoms with Crippen LogP contribution in [0.25, 0.3) is 0 Å². The number of carbonyl (C=O) groups is 2. The number of rotatable bonds is 49. The second-order valence-electron chi connectivity index (χ2n) is 14.3. The summed E-state index contributed by atoms with van der Waals surface area (Å²) in [4.78, 5) is 23.7. The quantitative estimate of drug-likeness (QED) is 0.0273. The molecule has 0 saturated heterocycles. The summed E-state index contributed by atoms with van der Waals surface area (Å²) in [5.41, 5.74) is 0.298. The van der Waals surface area contributed by atoms with Gasteiger partial charge in [-0.1, -0.05) is 134 Å². The van der Waals surface area contributed by atoms with Crippen LogP contribution in [0.15, 0.2) is 30.3 Å². The maximum atomic E-state index is 11.9. The first-order valence-corrected chi connectivity index (χ1v) is 22.8. The van der Waals surface area contributed by atoms with Crippen LogP contribution in [0.5, 0.6) is 0 Å². The molecule has 0 spiro atoms. The number of unbranched alkanes of at least 4 members (excludes halogenated alkanes) is 15. The number of ketones is 1. The zero-order valence-corrected chi connectivity index (χ0v) is 36.9. The SMILES string of the molecule is CCCCCCCCCCCCCCCCCCOCCOCCOCCOCCOCCOCCOCCOCCOCCOCCOC(=O)C(=O)c1ccccc1. The Hall–Kier alpha value is -2.04. The fourth-order valence-electron chi connectivity index (χ4n) is 5.80. The highest BCUT2D eigenvalue weighted by Crippen LogP contribution is 2.13. The Bertz CT molecular complexity index is 1000. The van der Waals surface area contributed by atoms with Crippen LogP contribution < -0.4 is 0 Å². The minimum atomic E-state index is -0.894. The van der Waals surface area contributed by atoms with E-state index >= 15 is 0 Å². The van der Waals surface area contributed by atoms with Crippen molar-refractivity contribution in [2.24, 2.45) is 0 Å². The zero-order chi connectivity index (χ0) is 42.2. The highest BCUT2D eigenvalue weighted by Gasteiger charge is 2.17. The van der Waals surface area contributed by atoms with E-state index in [2.05, 4.69) is 6.92 Å². The van der Waals surface area contributed by atoms with Crippen molar-refractivity contribution in [3.63, 3.8) is 0 Å². The summed E-state index contributed by atoms with van der Waals surface area (Å²) in [6.07, 6.45) is 22.1. The molecule has 0 heterocycles. The van der Waals surface area contributed by atoms with E-state index < -0.39 is 11.8 Å². The highest BCUT2D eigenvalue weighted by atomic mass is 16.6. The molecule has 0 saturated carbocycles. The third-order valence-corrected chi connectivity index (χ3v) is 9.17. The molecule has 59 heavy (non-hydrogen) atoms. The van der Waals surface area contributed by atoms with Crippen LogP contribution in [0.2, 0.25) is 0 Å². The molecule has 0 aromatic heterocycles.